The molecule has 37 heavy (non-hydrogen) atoms. The van der Waals surface area contributed by atoms with Crippen LogP contribution in [0.1, 0.15) is 56.1 Å². The number of likely N-dealkylation sites (tertiary alicyclic amines) is 1. The molecule has 9 heteroatoms. The molecule has 3 fully saturated rings. The zero-order chi connectivity index (χ0) is 26.2. The van der Waals surface area contributed by atoms with E-state index in [1.165, 1.54) is 37.0 Å². The van der Waals surface area contributed by atoms with Gasteiger partial charge < -0.3 is 20.1 Å². The molecule has 0 aromatic heterocycles. The molecule has 3 aliphatic rings. The van der Waals surface area contributed by atoms with Crippen LogP contribution in [0.25, 0.3) is 0 Å². The lowest BCUT2D eigenvalue weighted by molar-refractivity contribution is -0.137. The number of benzene rings is 2. The molecule has 2 N–H and O–H groups in total. The van der Waals surface area contributed by atoms with Gasteiger partial charge in [-0.2, -0.15) is 13.2 Å². The first-order valence-electron chi connectivity index (χ1n) is 13.0. The van der Waals surface area contributed by atoms with Crippen LogP contribution in [0, 0.1) is 0 Å². The Morgan fingerprint density at radius 3 is 2.49 bits per heavy atom. The number of hydrogen-bond acceptors (Lipinski definition) is 4. The number of carbonyl (C=O) groups is 1. The fraction of sp³-hybridized carbons (Fsp3) is 0.536. The lowest BCUT2D eigenvalue weighted by Gasteiger charge is -2.48. The summed E-state index contributed by atoms with van der Waals surface area (Å²) in [6.45, 7) is 1.02. The number of halogens is 3. The van der Waals surface area contributed by atoms with Gasteiger partial charge in [0.15, 0.2) is 11.5 Å². The number of fused-ring (bicyclic) bond motifs is 1. The molecule has 0 unspecified atom stereocenters. The van der Waals surface area contributed by atoms with Gasteiger partial charge in [0, 0.05) is 29.2 Å². The lowest BCUT2D eigenvalue weighted by Crippen LogP contribution is -2.55. The van der Waals surface area contributed by atoms with Crippen molar-refractivity contribution in [2.75, 3.05) is 26.1 Å². The Hall–Kier alpha value is -2.94. The molecular weight excluding hydrogens is 483 g/mol. The van der Waals surface area contributed by atoms with Gasteiger partial charge in [0.05, 0.1) is 19.8 Å². The minimum Gasteiger partial charge on any atom is -0.493 e. The number of urea groups is 1. The van der Waals surface area contributed by atoms with Gasteiger partial charge in [-0.1, -0.05) is 18.6 Å². The second-order valence-electron chi connectivity index (χ2n) is 10.5. The van der Waals surface area contributed by atoms with Crippen molar-refractivity contribution in [2.45, 2.75) is 74.7 Å². The molecule has 200 valence electrons. The maximum atomic E-state index is 13.1. The largest absolute Gasteiger partial charge is 0.493 e. The van der Waals surface area contributed by atoms with Crippen LogP contribution >= 0.6 is 0 Å². The smallest absolute Gasteiger partial charge is 0.416 e. The van der Waals surface area contributed by atoms with Gasteiger partial charge in [0.2, 0.25) is 0 Å². The average molecular weight is 518 g/mol. The lowest BCUT2D eigenvalue weighted by atomic mass is 9.64. The van der Waals surface area contributed by atoms with Gasteiger partial charge in [-0.05, 0) is 81.0 Å². The van der Waals surface area contributed by atoms with Crippen LogP contribution in [-0.2, 0) is 11.6 Å². The van der Waals surface area contributed by atoms with Crippen LogP contribution in [-0.4, -0.2) is 49.8 Å². The number of carbonyl (C=O) groups excluding carboxylic acids is 1. The van der Waals surface area contributed by atoms with Crippen molar-refractivity contribution in [3.05, 3.63) is 53.6 Å². The number of nitrogens with zero attached hydrogens (tertiary/aromatic N) is 1. The molecule has 1 heterocycles. The molecule has 2 aromatic rings. The highest BCUT2D eigenvalue weighted by atomic mass is 19.4. The molecule has 0 spiro atoms. The molecule has 1 aliphatic heterocycles. The molecule has 2 aliphatic carbocycles. The van der Waals surface area contributed by atoms with Gasteiger partial charge >= 0.3 is 12.2 Å². The minimum absolute atomic E-state index is 0.0369. The second-order valence-corrected chi connectivity index (χ2v) is 10.5. The van der Waals surface area contributed by atoms with Crippen LogP contribution in [0.5, 0.6) is 11.5 Å². The van der Waals surface area contributed by atoms with E-state index in [4.69, 9.17) is 9.47 Å². The third-order valence-corrected chi connectivity index (χ3v) is 8.59. The third kappa shape index (κ3) is 4.98. The summed E-state index contributed by atoms with van der Waals surface area (Å²) < 4.78 is 50.2. The maximum absolute atomic E-state index is 13.1. The first-order chi connectivity index (χ1) is 17.7. The van der Waals surface area contributed by atoms with E-state index >= 15 is 0 Å². The monoisotopic (exact) mass is 517 g/mol. The second kappa shape index (κ2) is 10.1. The summed E-state index contributed by atoms with van der Waals surface area (Å²) in [5, 5.41) is 5.63. The highest BCUT2D eigenvalue weighted by Crippen LogP contribution is 2.52. The molecule has 2 saturated carbocycles. The summed E-state index contributed by atoms with van der Waals surface area (Å²) in [6.07, 6.45) is 2.73. The van der Waals surface area contributed by atoms with Crippen molar-refractivity contribution in [3.63, 3.8) is 0 Å². The van der Waals surface area contributed by atoms with Gasteiger partial charge in [0.1, 0.15) is 0 Å². The van der Waals surface area contributed by atoms with Gasteiger partial charge in [-0.25, -0.2) is 4.79 Å². The summed E-state index contributed by atoms with van der Waals surface area (Å²) in [4.78, 5) is 15.4. The average Bonchev–Trinajstić information content (AvgIpc) is 3.21. The molecule has 5 rings (SSSR count). The Bertz CT molecular complexity index is 1140. The Morgan fingerprint density at radius 1 is 1.03 bits per heavy atom. The summed E-state index contributed by atoms with van der Waals surface area (Å²) >= 11 is 0. The van der Waals surface area contributed by atoms with Crippen LogP contribution in [0.2, 0.25) is 0 Å². The quantitative estimate of drug-likeness (QED) is 0.496. The number of nitrogens with one attached hydrogen (secondary N) is 2. The molecule has 0 radical (unpaired) electrons. The van der Waals surface area contributed by atoms with Crippen LogP contribution in [0.4, 0.5) is 23.7 Å². The number of hydrogen-bond donors (Lipinski definition) is 2. The van der Waals surface area contributed by atoms with Crippen molar-refractivity contribution >= 4 is 11.7 Å². The summed E-state index contributed by atoms with van der Waals surface area (Å²) in [6, 6.07) is 11.2. The van der Waals surface area contributed by atoms with Crippen LogP contribution in [0.15, 0.2) is 42.5 Å². The van der Waals surface area contributed by atoms with Crippen molar-refractivity contribution in [2.24, 2.45) is 0 Å². The predicted octanol–water partition coefficient (Wildman–Crippen LogP) is 5.96. The Labute approximate surface area is 215 Å². The van der Waals surface area contributed by atoms with Crippen molar-refractivity contribution in [1.29, 1.82) is 0 Å². The molecule has 0 bridgehead atoms. The first-order valence-corrected chi connectivity index (χ1v) is 13.0. The van der Waals surface area contributed by atoms with Gasteiger partial charge in [0.25, 0.3) is 0 Å². The number of methoxy groups -OCH3 is 2. The zero-order valence-electron chi connectivity index (χ0n) is 21.2. The number of amides is 2. The Morgan fingerprint density at radius 2 is 1.81 bits per heavy atom. The number of ether oxygens (including phenoxy) is 2. The van der Waals surface area contributed by atoms with E-state index in [1.807, 2.05) is 6.07 Å². The van der Waals surface area contributed by atoms with Crippen molar-refractivity contribution < 1.29 is 27.4 Å². The molecule has 1 saturated heterocycles. The fourth-order valence-electron chi connectivity index (χ4n) is 6.48. The standard InChI is InChI=1S/C28H34F3N3O3/c1-36-23-10-9-18(16-24(23)37-2)27-12-11-21(17-25(27)34(14-13-27)22-7-4-8-22)33-26(35)32-20-6-3-5-19(15-20)28(29,30)31/h3,5-6,9-10,15-16,21-22,25H,4,7-8,11-14,17H2,1-2H3,(H2,32,33,35)/t21-,25+,27+/m1/s1. The van der Waals surface area contributed by atoms with E-state index in [9.17, 15) is 18.0 Å². The molecule has 3 atom stereocenters. The summed E-state index contributed by atoms with van der Waals surface area (Å²) in [7, 11) is 3.28. The zero-order valence-corrected chi connectivity index (χ0v) is 21.2. The molecular formula is C28H34F3N3O3. The molecule has 2 amide bonds. The van der Waals surface area contributed by atoms with Crippen molar-refractivity contribution in [3.8, 4) is 11.5 Å². The fourth-order valence-corrected chi connectivity index (χ4v) is 6.48. The summed E-state index contributed by atoms with van der Waals surface area (Å²) in [5.74, 6) is 1.42. The van der Waals surface area contributed by atoms with E-state index in [-0.39, 0.29) is 23.2 Å². The van der Waals surface area contributed by atoms with Crippen LogP contribution < -0.4 is 20.1 Å². The highest BCUT2D eigenvalue weighted by molar-refractivity contribution is 5.89. The third-order valence-electron chi connectivity index (χ3n) is 8.59. The van der Waals surface area contributed by atoms with E-state index in [0.717, 1.165) is 50.1 Å². The predicted molar refractivity (Wildman–Crippen MR) is 135 cm³/mol. The van der Waals surface area contributed by atoms with Gasteiger partial charge in [-0.15, -0.1) is 0 Å². The van der Waals surface area contributed by atoms with E-state index in [2.05, 4.69) is 27.7 Å². The number of rotatable bonds is 6. The number of anilines is 1. The highest BCUT2D eigenvalue weighted by Gasteiger charge is 2.53. The van der Waals surface area contributed by atoms with E-state index in [1.54, 1.807) is 14.2 Å². The van der Waals surface area contributed by atoms with E-state index < -0.39 is 17.8 Å². The SMILES string of the molecule is COc1ccc([C@@]23CC[C@@H](NC(=O)Nc4cccc(C(F)(F)F)c4)C[C@@H]2N(C2CCC2)CC3)cc1OC. The first kappa shape index (κ1) is 25.7. The topological polar surface area (TPSA) is 62.8 Å². The number of alkyl halides is 3. The minimum atomic E-state index is -4.46. The Balaban J connectivity index is 1.33. The summed E-state index contributed by atoms with van der Waals surface area (Å²) in [5.41, 5.74) is 0.540. The Kier molecular flexibility index (Phi) is 7.00. The maximum Gasteiger partial charge on any atom is 0.416 e. The van der Waals surface area contributed by atoms with Crippen LogP contribution in [0.3, 0.4) is 0 Å². The van der Waals surface area contributed by atoms with Crippen molar-refractivity contribution in [1.82, 2.24) is 10.2 Å². The molecule has 2 aromatic carbocycles. The normalized spacial score (nSPS) is 26.2. The van der Waals surface area contributed by atoms with Gasteiger partial charge in [-0.3, -0.25) is 4.90 Å². The van der Waals surface area contributed by atoms with E-state index in [0.29, 0.717) is 11.8 Å². The molecule has 6 nitrogen and oxygen atoms in total.